The van der Waals surface area contributed by atoms with E-state index in [1.165, 1.54) is 29.9 Å². The van der Waals surface area contributed by atoms with Crippen LogP contribution in [0.5, 0.6) is 5.75 Å². The number of ether oxygens (including phenoxy) is 1. The van der Waals surface area contributed by atoms with E-state index in [4.69, 9.17) is 10.5 Å². The number of aromatic nitrogens is 2. The van der Waals surface area contributed by atoms with Gasteiger partial charge in [0, 0.05) is 12.1 Å². The minimum Gasteiger partial charge on any atom is -0.497 e. The molecule has 0 saturated heterocycles. The van der Waals surface area contributed by atoms with Crippen molar-refractivity contribution in [3.8, 4) is 5.75 Å². The first-order chi connectivity index (χ1) is 10.5. The van der Waals surface area contributed by atoms with Crippen LogP contribution in [0.1, 0.15) is 11.3 Å². The first-order valence-corrected chi connectivity index (χ1v) is 8.19. The Labute approximate surface area is 128 Å². The zero-order chi connectivity index (χ0) is 15.7. The van der Waals surface area contributed by atoms with Gasteiger partial charge in [0.25, 0.3) is 0 Å². The van der Waals surface area contributed by atoms with Crippen molar-refractivity contribution in [3.63, 3.8) is 0 Å². The molecule has 0 aliphatic carbocycles. The Morgan fingerprint density at radius 3 is 2.64 bits per heavy atom. The molecule has 2 aromatic rings. The largest absolute Gasteiger partial charge is 0.497 e. The SMILES string of the molecule is COc1ccc(S(=O)(=O)N2CCc3c(N)ncnc3C2)cc1. The van der Waals surface area contributed by atoms with E-state index in [0.717, 1.165) is 5.56 Å². The van der Waals surface area contributed by atoms with Gasteiger partial charge in [-0.05, 0) is 30.7 Å². The normalized spacial score (nSPS) is 15.3. The first-order valence-electron chi connectivity index (χ1n) is 6.75. The van der Waals surface area contributed by atoms with Crippen molar-refractivity contribution >= 4 is 15.8 Å². The highest BCUT2D eigenvalue weighted by Gasteiger charge is 2.30. The van der Waals surface area contributed by atoms with E-state index in [-0.39, 0.29) is 11.4 Å². The molecule has 2 N–H and O–H groups in total. The van der Waals surface area contributed by atoms with Gasteiger partial charge in [0.05, 0.1) is 24.2 Å². The Bertz CT molecular complexity index is 790. The van der Waals surface area contributed by atoms with Gasteiger partial charge in [-0.1, -0.05) is 0 Å². The van der Waals surface area contributed by atoms with Gasteiger partial charge in [0.15, 0.2) is 0 Å². The Morgan fingerprint density at radius 1 is 1.23 bits per heavy atom. The van der Waals surface area contributed by atoms with Crippen LogP contribution in [0.25, 0.3) is 0 Å². The molecule has 0 fully saturated rings. The lowest BCUT2D eigenvalue weighted by Gasteiger charge is -2.27. The Balaban J connectivity index is 1.90. The number of methoxy groups -OCH3 is 1. The summed E-state index contributed by atoms with van der Waals surface area (Å²) >= 11 is 0. The molecule has 1 aromatic heterocycles. The molecule has 0 amide bonds. The summed E-state index contributed by atoms with van der Waals surface area (Å²) in [6.07, 6.45) is 1.87. The zero-order valence-corrected chi connectivity index (χ0v) is 12.9. The minimum atomic E-state index is -3.57. The zero-order valence-electron chi connectivity index (χ0n) is 12.1. The molecule has 116 valence electrons. The van der Waals surface area contributed by atoms with Crippen LogP contribution >= 0.6 is 0 Å². The van der Waals surface area contributed by atoms with Gasteiger partial charge in [-0.3, -0.25) is 0 Å². The highest BCUT2D eigenvalue weighted by molar-refractivity contribution is 7.89. The van der Waals surface area contributed by atoms with Gasteiger partial charge in [0.1, 0.15) is 17.9 Å². The fourth-order valence-corrected chi connectivity index (χ4v) is 3.86. The maximum absolute atomic E-state index is 12.7. The van der Waals surface area contributed by atoms with E-state index < -0.39 is 10.0 Å². The highest BCUT2D eigenvalue weighted by atomic mass is 32.2. The molecule has 0 bridgehead atoms. The van der Waals surface area contributed by atoms with Crippen LogP contribution in [0, 0.1) is 0 Å². The van der Waals surface area contributed by atoms with E-state index in [2.05, 4.69) is 9.97 Å². The molecule has 22 heavy (non-hydrogen) atoms. The average Bonchev–Trinajstić information content (AvgIpc) is 2.55. The third-order valence-electron chi connectivity index (χ3n) is 3.70. The summed E-state index contributed by atoms with van der Waals surface area (Å²) in [6.45, 7) is 0.565. The molecule has 2 heterocycles. The second-order valence-corrected chi connectivity index (χ2v) is 6.89. The summed E-state index contributed by atoms with van der Waals surface area (Å²) < 4.78 is 31.8. The third kappa shape index (κ3) is 2.51. The lowest BCUT2D eigenvalue weighted by Crippen LogP contribution is -2.36. The predicted octanol–water partition coefficient (Wildman–Crippen LogP) is 0.814. The topological polar surface area (TPSA) is 98.4 Å². The standard InChI is InChI=1S/C14H16N4O3S/c1-21-10-2-4-11(5-3-10)22(19,20)18-7-6-12-13(8-18)16-9-17-14(12)15/h2-5,9H,6-8H2,1H3,(H2,15,16,17). The van der Waals surface area contributed by atoms with E-state index in [0.29, 0.717) is 30.2 Å². The molecule has 0 radical (unpaired) electrons. The van der Waals surface area contributed by atoms with Crippen molar-refractivity contribution in [2.24, 2.45) is 0 Å². The number of rotatable bonds is 3. The number of nitrogen functional groups attached to an aromatic ring is 1. The quantitative estimate of drug-likeness (QED) is 0.899. The Morgan fingerprint density at radius 2 is 1.95 bits per heavy atom. The summed E-state index contributed by atoms with van der Waals surface area (Å²) in [5, 5.41) is 0. The molecular formula is C14H16N4O3S. The summed E-state index contributed by atoms with van der Waals surface area (Å²) in [5.41, 5.74) is 7.31. The molecular weight excluding hydrogens is 304 g/mol. The molecule has 7 nitrogen and oxygen atoms in total. The fraction of sp³-hybridized carbons (Fsp3) is 0.286. The molecule has 0 saturated carbocycles. The van der Waals surface area contributed by atoms with Crippen molar-refractivity contribution in [1.82, 2.24) is 14.3 Å². The van der Waals surface area contributed by atoms with E-state index in [9.17, 15) is 8.42 Å². The number of fused-ring (bicyclic) bond motifs is 1. The number of nitrogens with two attached hydrogens (primary N) is 1. The summed E-state index contributed by atoms with van der Waals surface area (Å²) in [7, 11) is -2.03. The first kappa shape index (κ1) is 14.7. The molecule has 1 aromatic carbocycles. The van der Waals surface area contributed by atoms with Crippen molar-refractivity contribution < 1.29 is 13.2 Å². The van der Waals surface area contributed by atoms with Crippen molar-refractivity contribution in [3.05, 3.63) is 41.9 Å². The lowest BCUT2D eigenvalue weighted by atomic mass is 10.1. The van der Waals surface area contributed by atoms with Crippen molar-refractivity contribution in [2.75, 3.05) is 19.4 Å². The number of nitrogens with zero attached hydrogens (tertiary/aromatic N) is 3. The monoisotopic (exact) mass is 320 g/mol. The summed E-state index contributed by atoms with van der Waals surface area (Å²) in [6, 6.07) is 6.34. The molecule has 0 spiro atoms. The maximum atomic E-state index is 12.7. The highest BCUT2D eigenvalue weighted by Crippen LogP contribution is 2.26. The summed E-state index contributed by atoms with van der Waals surface area (Å²) in [4.78, 5) is 8.32. The van der Waals surface area contributed by atoms with Crippen LogP contribution in [0.3, 0.4) is 0 Å². The van der Waals surface area contributed by atoms with Crippen molar-refractivity contribution in [2.45, 2.75) is 17.9 Å². The van der Waals surface area contributed by atoms with Crippen LogP contribution in [-0.2, 0) is 23.0 Å². The van der Waals surface area contributed by atoms with Gasteiger partial charge in [-0.2, -0.15) is 4.31 Å². The van der Waals surface area contributed by atoms with Crippen LogP contribution in [0.4, 0.5) is 5.82 Å². The Kier molecular flexibility index (Phi) is 3.71. The second kappa shape index (κ2) is 5.54. The number of anilines is 1. The molecule has 0 unspecified atom stereocenters. The predicted molar refractivity (Wildman–Crippen MR) is 80.7 cm³/mol. The summed E-state index contributed by atoms with van der Waals surface area (Å²) in [5.74, 6) is 1.04. The lowest BCUT2D eigenvalue weighted by molar-refractivity contribution is 0.385. The van der Waals surface area contributed by atoms with Crippen LogP contribution in [0.2, 0.25) is 0 Å². The van der Waals surface area contributed by atoms with Crippen LogP contribution in [-0.4, -0.2) is 36.3 Å². The van der Waals surface area contributed by atoms with Gasteiger partial charge < -0.3 is 10.5 Å². The smallest absolute Gasteiger partial charge is 0.243 e. The maximum Gasteiger partial charge on any atom is 0.243 e. The fourth-order valence-electron chi connectivity index (χ4n) is 2.46. The average molecular weight is 320 g/mol. The number of benzene rings is 1. The number of hydrogen-bond donors (Lipinski definition) is 1. The van der Waals surface area contributed by atoms with Crippen LogP contribution < -0.4 is 10.5 Å². The van der Waals surface area contributed by atoms with E-state index in [1.54, 1.807) is 12.1 Å². The molecule has 1 aliphatic rings. The molecule has 0 atom stereocenters. The molecule has 3 rings (SSSR count). The van der Waals surface area contributed by atoms with Gasteiger partial charge >= 0.3 is 0 Å². The molecule has 1 aliphatic heterocycles. The molecule has 8 heteroatoms. The number of sulfonamides is 1. The van der Waals surface area contributed by atoms with Crippen LogP contribution in [0.15, 0.2) is 35.5 Å². The van der Waals surface area contributed by atoms with E-state index >= 15 is 0 Å². The van der Waals surface area contributed by atoms with Gasteiger partial charge in [-0.25, -0.2) is 18.4 Å². The Hall–Kier alpha value is -2.19. The van der Waals surface area contributed by atoms with E-state index in [1.807, 2.05) is 0 Å². The van der Waals surface area contributed by atoms with Gasteiger partial charge in [-0.15, -0.1) is 0 Å². The van der Waals surface area contributed by atoms with Gasteiger partial charge in [0.2, 0.25) is 10.0 Å². The number of hydrogen-bond acceptors (Lipinski definition) is 6. The minimum absolute atomic E-state index is 0.205. The third-order valence-corrected chi connectivity index (χ3v) is 5.56. The second-order valence-electron chi connectivity index (χ2n) is 4.95. The van der Waals surface area contributed by atoms with Crippen molar-refractivity contribution in [1.29, 1.82) is 0 Å².